The van der Waals surface area contributed by atoms with Crippen LogP contribution in [0.3, 0.4) is 0 Å². The van der Waals surface area contributed by atoms with E-state index in [-0.39, 0.29) is 37.0 Å². The molecule has 0 bridgehead atoms. The lowest BCUT2D eigenvalue weighted by molar-refractivity contribution is -0.148. The van der Waals surface area contributed by atoms with Crippen molar-refractivity contribution in [2.75, 3.05) is 34.9 Å². The molecule has 1 heterocycles. The molecule has 2 aliphatic rings. The van der Waals surface area contributed by atoms with E-state index in [0.717, 1.165) is 0 Å². The van der Waals surface area contributed by atoms with E-state index in [2.05, 4.69) is 16.0 Å². The number of aliphatic hydroxyl groups is 1. The molecule has 0 unspecified atom stereocenters. The second-order valence-corrected chi connectivity index (χ2v) is 20.8. The molecule has 20 nitrogen and oxygen atoms in total. The fraction of sp³-hybridized carbons (Fsp3) is 0.667. The summed E-state index contributed by atoms with van der Waals surface area (Å²) in [6.45, 7) is 16.4. The molecule has 20 heteroatoms. The molecule has 6 N–H and O–H groups in total. The maximum absolute atomic E-state index is 14.7. The molecule has 1 aromatic rings. The first-order valence-corrected chi connectivity index (χ1v) is 25.8. The average molecular weight is 1040 g/mol. The van der Waals surface area contributed by atoms with Gasteiger partial charge >= 0.3 is 18.0 Å². The Kier molecular flexibility index (Phi) is 24.2. The number of carboxylic acids is 2. The molecule has 6 amide bonds. The summed E-state index contributed by atoms with van der Waals surface area (Å²) in [6.07, 6.45) is 2.40. The van der Waals surface area contributed by atoms with E-state index >= 15 is 0 Å². The number of amides is 6. The maximum atomic E-state index is 14.7. The van der Waals surface area contributed by atoms with Crippen molar-refractivity contribution >= 4 is 47.6 Å². The van der Waals surface area contributed by atoms with Crippen molar-refractivity contribution in [3.8, 4) is 0 Å². The van der Waals surface area contributed by atoms with Gasteiger partial charge in [0.05, 0.1) is 43.1 Å². The molecule has 1 aliphatic carbocycles. The number of hydrogen-bond donors (Lipinski definition) is 6. The predicted molar refractivity (Wildman–Crippen MR) is 276 cm³/mol. The average Bonchev–Trinajstić information content (AvgIpc) is 3.84. The van der Waals surface area contributed by atoms with Crippen molar-refractivity contribution in [2.45, 2.75) is 168 Å². The number of aliphatic carboxylic acids is 2. The molecule has 1 aromatic carbocycles. The van der Waals surface area contributed by atoms with Gasteiger partial charge in [-0.2, -0.15) is 0 Å². The summed E-state index contributed by atoms with van der Waals surface area (Å²) >= 11 is 0. The van der Waals surface area contributed by atoms with Gasteiger partial charge in [-0.25, -0.2) is 9.59 Å². The van der Waals surface area contributed by atoms with Crippen LogP contribution in [0.25, 0.3) is 0 Å². The highest BCUT2D eigenvalue weighted by Crippen LogP contribution is 2.34. The van der Waals surface area contributed by atoms with Crippen LogP contribution in [0.15, 0.2) is 54.3 Å². The van der Waals surface area contributed by atoms with Gasteiger partial charge in [0, 0.05) is 46.0 Å². The largest absolute Gasteiger partial charge is 0.481 e. The number of benzene rings is 1. The highest BCUT2D eigenvalue weighted by Gasteiger charge is 2.43. The molecular formula is C54H84N6O14. The van der Waals surface area contributed by atoms with Gasteiger partial charge in [0.15, 0.2) is 0 Å². The molecule has 74 heavy (non-hydrogen) atoms. The number of nitrogens with zero attached hydrogens (tertiary/aromatic N) is 3. The number of likely N-dealkylation sites (N-methyl/N-ethyl adjacent to an activating group) is 2. The Morgan fingerprint density at radius 1 is 0.824 bits per heavy atom. The maximum Gasteiger partial charge on any atom is 0.410 e. The van der Waals surface area contributed by atoms with Crippen molar-refractivity contribution in [3.63, 3.8) is 0 Å². The Hall–Kier alpha value is -5.86. The third-order valence-corrected chi connectivity index (χ3v) is 14.6. The van der Waals surface area contributed by atoms with Gasteiger partial charge in [0.1, 0.15) is 30.3 Å². The van der Waals surface area contributed by atoms with Gasteiger partial charge in [-0.1, -0.05) is 104 Å². The lowest BCUT2D eigenvalue weighted by Crippen LogP contribution is -2.60. The van der Waals surface area contributed by atoms with Crippen molar-refractivity contribution in [2.24, 2.45) is 29.1 Å². The predicted octanol–water partition coefficient (Wildman–Crippen LogP) is 5.05. The molecule has 0 aromatic heterocycles. The van der Waals surface area contributed by atoms with E-state index in [1.165, 1.54) is 31.1 Å². The zero-order chi connectivity index (χ0) is 55.8. The first-order chi connectivity index (χ1) is 34.7. The third-order valence-electron chi connectivity index (χ3n) is 14.6. The third kappa shape index (κ3) is 16.6. The molecule has 12 atom stereocenters. The summed E-state index contributed by atoms with van der Waals surface area (Å²) in [6, 6.07) is 3.99. The van der Waals surface area contributed by atoms with E-state index < -0.39 is 120 Å². The lowest BCUT2D eigenvalue weighted by Gasteiger charge is -2.41. The lowest BCUT2D eigenvalue weighted by atomic mass is 9.77. The minimum absolute atomic E-state index is 0.126. The summed E-state index contributed by atoms with van der Waals surface area (Å²) in [4.78, 5) is 111. The summed E-state index contributed by atoms with van der Waals surface area (Å²) < 4.78 is 17.8. The van der Waals surface area contributed by atoms with Gasteiger partial charge < -0.3 is 55.3 Å². The van der Waals surface area contributed by atoms with Crippen LogP contribution < -0.4 is 16.0 Å². The second-order valence-electron chi connectivity index (χ2n) is 20.8. The number of aliphatic hydroxyl groups excluding tert-OH is 1. The number of methoxy groups -OCH3 is 2. The molecule has 0 saturated heterocycles. The smallest absolute Gasteiger partial charge is 0.410 e. The topological polar surface area (TPSA) is 271 Å². The summed E-state index contributed by atoms with van der Waals surface area (Å²) in [7, 11) is 6.00. The van der Waals surface area contributed by atoms with Crippen LogP contribution >= 0.6 is 0 Å². The molecular weight excluding hydrogens is 957 g/mol. The van der Waals surface area contributed by atoms with Crippen LogP contribution in [0.4, 0.5) is 4.79 Å². The number of carboxylic acid groups (broad SMARTS) is 2. The van der Waals surface area contributed by atoms with Crippen LogP contribution in [0, 0.1) is 29.1 Å². The van der Waals surface area contributed by atoms with Crippen LogP contribution in [-0.4, -0.2) is 161 Å². The van der Waals surface area contributed by atoms with Crippen LogP contribution in [0.5, 0.6) is 0 Å². The minimum Gasteiger partial charge on any atom is -0.481 e. The van der Waals surface area contributed by atoms with E-state index in [1.807, 2.05) is 38.1 Å². The molecule has 1 aliphatic heterocycles. The number of rotatable bonds is 26. The Morgan fingerprint density at radius 2 is 1.47 bits per heavy atom. The van der Waals surface area contributed by atoms with Crippen LogP contribution in [-0.2, 0) is 47.8 Å². The Labute approximate surface area is 437 Å². The summed E-state index contributed by atoms with van der Waals surface area (Å²) in [5.41, 5.74) is 0.0835. The Morgan fingerprint density at radius 3 is 2.03 bits per heavy atom. The van der Waals surface area contributed by atoms with Gasteiger partial charge in [-0.05, 0) is 68.4 Å². The van der Waals surface area contributed by atoms with Crippen molar-refractivity contribution < 1.29 is 67.9 Å². The number of carbonyl (C=O) groups is 8. The van der Waals surface area contributed by atoms with Crippen LogP contribution in [0.2, 0.25) is 0 Å². The zero-order valence-electron chi connectivity index (χ0n) is 45.7. The van der Waals surface area contributed by atoms with E-state index in [0.29, 0.717) is 43.5 Å². The fourth-order valence-electron chi connectivity index (χ4n) is 9.81. The molecule has 0 spiro atoms. The van der Waals surface area contributed by atoms with Crippen molar-refractivity contribution in [3.05, 3.63) is 59.8 Å². The number of carbonyl (C=O) groups excluding carboxylic acids is 6. The van der Waals surface area contributed by atoms with Gasteiger partial charge in [-0.15, -0.1) is 0 Å². The number of nitrogens with one attached hydrogen (secondary N) is 3. The Bertz CT molecular complexity index is 2150. The van der Waals surface area contributed by atoms with Crippen LogP contribution in [0.1, 0.15) is 125 Å². The minimum atomic E-state index is -1.62. The van der Waals surface area contributed by atoms with E-state index in [9.17, 15) is 48.6 Å². The van der Waals surface area contributed by atoms with Crippen molar-refractivity contribution in [1.29, 1.82) is 0 Å². The molecule has 414 valence electrons. The normalized spacial score (nSPS) is 21.4. The van der Waals surface area contributed by atoms with E-state index in [1.54, 1.807) is 84.7 Å². The summed E-state index contributed by atoms with van der Waals surface area (Å²) in [5, 5.41) is 37.7. The summed E-state index contributed by atoms with van der Waals surface area (Å²) in [5.74, 6) is -6.98. The van der Waals surface area contributed by atoms with Gasteiger partial charge in [0.2, 0.25) is 29.5 Å². The standard InChI is InChI=1S/C54H84N6O14/c1-14-33(6)45(40(72-12)30-41(61)60-28-20-24-39(60)47(73-13)34(7)48(65)55-35(8)46(64)36-21-16-15-17-22-36)58(10)50(67)43(31(2)3)57-49(66)44(32(4)5)59(11)53(71)74-37-23-18-19-26-54(9,27-25-37)52(70)56-38(51(68)69)29-42(62)63/h15-18,21-24,31-35,37-38,40,43-47,64H,14,19-20,25-30H2,1-13H3,(H,55,65)(H,56,70)(H,57,66)(H,62,63)(H,68,69)/b23-18+/t33-,34+,35+,37-,38-,40+,43-,44-,45-,46+,47+,54+/m0/s1. The number of allylic oxidation sites excluding steroid dienone is 1. The van der Waals surface area contributed by atoms with Crippen molar-refractivity contribution in [1.82, 2.24) is 30.7 Å². The Balaban J connectivity index is 1.75. The highest BCUT2D eigenvalue weighted by molar-refractivity contribution is 5.92. The van der Waals surface area contributed by atoms with Gasteiger partial charge in [-0.3, -0.25) is 33.7 Å². The molecule has 0 fully saturated rings. The van der Waals surface area contributed by atoms with E-state index in [4.69, 9.17) is 19.3 Å². The quantitative estimate of drug-likeness (QED) is 0.0663. The first-order valence-electron chi connectivity index (χ1n) is 25.8. The molecule has 0 radical (unpaired) electrons. The number of ether oxygens (including phenoxy) is 3. The number of hydrogen-bond acceptors (Lipinski definition) is 12. The molecule has 3 rings (SSSR count). The van der Waals surface area contributed by atoms with Gasteiger partial charge in [0.25, 0.3) is 0 Å². The zero-order valence-corrected chi connectivity index (χ0v) is 45.7. The second kappa shape index (κ2) is 28.7. The fourth-order valence-corrected chi connectivity index (χ4v) is 9.81. The monoisotopic (exact) mass is 1040 g/mol. The first kappa shape index (κ1) is 62.4. The SMILES string of the molecule is CC[C@H](C)[C@@H]([C@@H](CC(=O)N1CCC=C1[C@H](OC)[C@@H](C)C(=O)N[C@H](C)[C@@H](O)c1ccccc1)OC)N(C)C(=O)[C@@H](NC(=O)[C@H](C(C)C)N(C)C(=O)O[C@H]1/C=C/CC[C@@](C)(C(=O)N[C@@H](CC(=O)O)C(=O)O)CC1)C(C)C. The highest BCUT2D eigenvalue weighted by atomic mass is 16.6. The molecule has 0 saturated carbocycles.